The van der Waals surface area contributed by atoms with Crippen LogP contribution in [0.3, 0.4) is 0 Å². The third kappa shape index (κ3) is 4.33. The average molecular weight is 425 g/mol. The number of nitrogens with zero attached hydrogens (tertiary/aromatic N) is 2. The zero-order valence-corrected chi connectivity index (χ0v) is 18.5. The molecule has 0 radical (unpaired) electrons. The number of ether oxygens (including phenoxy) is 1. The summed E-state index contributed by atoms with van der Waals surface area (Å²) in [6.45, 7) is 6.98. The molecule has 1 amide bonds. The summed E-state index contributed by atoms with van der Waals surface area (Å²) in [4.78, 5) is 20.5. The lowest BCUT2D eigenvalue weighted by Crippen LogP contribution is -2.39. The summed E-state index contributed by atoms with van der Waals surface area (Å²) >= 11 is 1.55. The van der Waals surface area contributed by atoms with Crippen molar-refractivity contribution in [2.45, 2.75) is 32.5 Å². The molecular formula is C23H28N4O2S. The van der Waals surface area contributed by atoms with E-state index in [1.807, 2.05) is 39.1 Å². The summed E-state index contributed by atoms with van der Waals surface area (Å²) < 4.78 is 7.32. The zero-order chi connectivity index (χ0) is 21.1. The van der Waals surface area contributed by atoms with Gasteiger partial charge in [-0.2, -0.15) is 0 Å². The molecule has 158 valence electrons. The Morgan fingerprint density at radius 2 is 2.13 bits per heavy atom. The van der Waals surface area contributed by atoms with Crippen LogP contribution in [0, 0.1) is 0 Å². The minimum atomic E-state index is -0.141. The van der Waals surface area contributed by atoms with E-state index in [2.05, 4.69) is 38.7 Å². The second kappa shape index (κ2) is 9.12. The molecule has 0 saturated carbocycles. The molecule has 1 aromatic carbocycles. The number of thiophene rings is 1. The third-order valence-corrected chi connectivity index (χ3v) is 6.44. The van der Waals surface area contributed by atoms with Gasteiger partial charge in [0.05, 0.1) is 17.6 Å². The highest BCUT2D eigenvalue weighted by molar-refractivity contribution is 7.21. The van der Waals surface area contributed by atoms with E-state index in [0.29, 0.717) is 6.61 Å². The molecule has 1 atom stereocenters. The maximum absolute atomic E-state index is 13.0. The SMILES string of the molecule is CNc1ncccc1CN1CCO[C@@H](c2c(C(=O)NC(C)C)sc3ccccc23)C1. The standard InChI is InChI=1S/C23H28N4O2S/c1-15(2)26-23(28)21-20(17-8-4-5-9-19(17)30-21)18-14-27(11-12-29-18)13-16-7-6-10-25-22(16)24-3/h4-10,15,18H,11-14H2,1-3H3,(H,24,25)(H,26,28)/t18-/m1/s1. The number of morpholine rings is 1. The van der Waals surface area contributed by atoms with E-state index in [0.717, 1.165) is 51.5 Å². The number of aromatic nitrogens is 1. The van der Waals surface area contributed by atoms with Crippen molar-refractivity contribution >= 4 is 33.1 Å². The smallest absolute Gasteiger partial charge is 0.261 e. The number of hydrogen-bond acceptors (Lipinski definition) is 6. The lowest BCUT2D eigenvalue weighted by Gasteiger charge is -2.33. The van der Waals surface area contributed by atoms with Crippen molar-refractivity contribution in [2.75, 3.05) is 32.1 Å². The van der Waals surface area contributed by atoms with Gasteiger partial charge in [0.15, 0.2) is 0 Å². The second-order valence-electron chi connectivity index (χ2n) is 7.82. The quantitative estimate of drug-likeness (QED) is 0.625. The minimum absolute atomic E-state index is 0.0216. The van der Waals surface area contributed by atoms with Gasteiger partial charge in [-0.25, -0.2) is 4.98 Å². The van der Waals surface area contributed by atoms with Crippen LogP contribution in [0.5, 0.6) is 0 Å². The van der Waals surface area contributed by atoms with E-state index in [1.165, 1.54) is 0 Å². The average Bonchev–Trinajstić information content (AvgIpc) is 3.14. The molecule has 6 nitrogen and oxygen atoms in total. The fourth-order valence-electron chi connectivity index (χ4n) is 3.93. The van der Waals surface area contributed by atoms with Crippen molar-refractivity contribution in [3.05, 3.63) is 58.6 Å². The van der Waals surface area contributed by atoms with Crippen LogP contribution in [0.25, 0.3) is 10.1 Å². The van der Waals surface area contributed by atoms with Crippen LogP contribution >= 0.6 is 11.3 Å². The number of benzene rings is 1. The Morgan fingerprint density at radius 1 is 1.30 bits per heavy atom. The molecule has 2 N–H and O–H groups in total. The maximum atomic E-state index is 13.0. The molecule has 4 rings (SSSR count). The first-order valence-corrected chi connectivity index (χ1v) is 11.2. The van der Waals surface area contributed by atoms with Gasteiger partial charge in [-0.3, -0.25) is 9.69 Å². The molecule has 7 heteroatoms. The number of anilines is 1. The lowest BCUT2D eigenvalue weighted by molar-refractivity contribution is -0.0322. The van der Waals surface area contributed by atoms with Crippen molar-refractivity contribution in [1.29, 1.82) is 0 Å². The van der Waals surface area contributed by atoms with Crippen LogP contribution in [-0.2, 0) is 11.3 Å². The van der Waals surface area contributed by atoms with Gasteiger partial charge in [0, 0.05) is 54.7 Å². The summed E-state index contributed by atoms with van der Waals surface area (Å²) in [5, 5.41) is 7.33. The van der Waals surface area contributed by atoms with Crippen molar-refractivity contribution in [1.82, 2.24) is 15.2 Å². The Kier molecular flexibility index (Phi) is 6.32. The van der Waals surface area contributed by atoms with E-state index in [9.17, 15) is 4.79 Å². The first-order chi connectivity index (χ1) is 14.6. The largest absolute Gasteiger partial charge is 0.373 e. The van der Waals surface area contributed by atoms with Gasteiger partial charge in [0.2, 0.25) is 0 Å². The molecule has 1 saturated heterocycles. The van der Waals surface area contributed by atoms with Crippen molar-refractivity contribution < 1.29 is 9.53 Å². The number of hydrogen-bond donors (Lipinski definition) is 2. The predicted molar refractivity (Wildman–Crippen MR) is 122 cm³/mol. The molecule has 0 spiro atoms. The van der Waals surface area contributed by atoms with Crippen LogP contribution in [-0.4, -0.2) is 48.6 Å². The van der Waals surface area contributed by atoms with Crippen molar-refractivity contribution in [3.8, 4) is 0 Å². The Balaban J connectivity index is 1.63. The fourth-order valence-corrected chi connectivity index (χ4v) is 5.09. The van der Waals surface area contributed by atoms with E-state index < -0.39 is 0 Å². The number of carbonyl (C=O) groups is 1. The molecule has 3 aromatic rings. The zero-order valence-electron chi connectivity index (χ0n) is 17.6. The summed E-state index contributed by atoms with van der Waals surface area (Å²) in [5.74, 6) is 0.880. The molecule has 1 fully saturated rings. The molecular weight excluding hydrogens is 396 g/mol. The summed E-state index contributed by atoms with van der Waals surface area (Å²) in [5.41, 5.74) is 2.17. The molecule has 2 aromatic heterocycles. The molecule has 1 aliphatic heterocycles. The van der Waals surface area contributed by atoms with Gasteiger partial charge in [0.25, 0.3) is 5.91 Å². The van der Waals surface area contributed by atoms with Crippen molar-refractivity contribution in [2.24, 2.45) is 0 Å². The van der Waals surface area contributed by atoms with E-state index in [4.69, 9.17) is 4.74 Å². The van der Waals surface area contributed by atoms with Crippen LogP contribution in [0.15, 0.2) is 42.6 Å². The third-order valence-electron chi connectivity index (χ3n) is 5.25. The predicted octanol–water partition coefficient (Wildman–Crippen LogP) is 4.05. The van der Waals surface area contributed by atoms with Crippen LogP contribution in [0.1, 0.15) is 40.8 Å². The molecule has 1 aliphatic rings. The number of nitrogens with one attached hydrogen (secondary N) is 2. The van der Waals surface area contributed by atoms with Crippen LogP contribution < -0.4 is 10.6 Å². The molecule has 0 aliphatic carbocycles. The monoisotopic (exact) mass is 424 g/mol. The fraction of sp³-hybridized carbons (Fsp3) is 0.391. The highest BCUT2D eigenvalue weighted by Gasteiger charge is 2.30. The first kappa shape index (κ1) is 20.8. The molecule has 0 unspecified atom stereocenters. The van der Waals surface area contributed by atoms with Gasteiger partial charge in [0.1, 0.15) is 5.82 Å². The van der Waals surface area contributed by atoms with Gasteiger partial charge >= 0.3 is 0 Å². The summed E-state index contributed by atoms with van der Waals surface area (Å²) in [7, 11) is 1.89. The maximum Gasteiger partial charge on any atom is 0.261 e. The van der Waals surface area contributed by atoms with Gasteiger partial charge in [-0.05, 0) is 31.4 Å². The summed E-state index contributed by atoms with van der Waals surface area (Å²) in [6, 6.07) is 12.4. The van der Waals surface area contributed by atoms with Crippen LogP contribution in [0.2, 0.25) is 0 Å². The topological polar surface area (TPSA) is 66.5 Å². The normalized spacial score (nSPS) is 17.4. The lowest BCUT2D eigenvalue weighted by atomic mass is 10.0. The Morgan fingerprint density at radius 3 is 2.93 bits per heavy atom. The van der Waals surface area contributed by atoms with Crippen LogP contribution in [0.4, 0.5) is 5.82 Å². The Hall–Kier alpha value is -2.48. The number of rotatable bonds is 6. The Labute approximate surface area is 181 Å². The minimum Gasteiger partial charge on any atom is -0.373 e. The molecule has 0 bridgehead atoms. The van der Waals surface area contributed by atoms with Gasteiger partial charge in [-0.1, -0.05) is 24.3 Å². The van der Waals surface area contributed by atoms with Gasteiger partial charge in [-0.15, -0.1) is 11.3 Å². The van der Waals surface area contributed by atoms with E-state index in [-0.39, 0.29) is 18.1 Å². The number of carbonyl (C=O) groups excluding carboxylic acids is 1. The van der Waals surface area contributed by atoms with Crippen molar-refractivity contribution in [3.63, 3.8) is 0 Å². The highest BCUT2D eigenvalue weighted by Crippen LogP contribution is 2.38. The second-order valence-corrected chi connectivity index (χ2v) is 8.88. The Bertz CT molecular complexity index is 1030. The van der Waals surface area contributed by atoms with E-state index in [1.54, 1.807) is 17.5 Å². The number of pyridine rings is 1. The molecule has 30 heavy (non-hydrogen) atoms. The molecule has 3 heterocycles. The van der Waals surface area contributed by atoms with Gasteiger partial charge < -0.3 is 15.4 Å². The van der Waals surface area contributed by atoms with E-state index >= 15 is 0 Å². The highest BCUT2D eigenvalue weighted by atomic mass is 32.1. The first-order valence-electron chi connectivity index (χ1n) is 10.3. The summed E-state index contributed by atoms with van der Waals surface area (Å²) in [6.07, 6.45) is 1.66. The number of fused-ring (bicyclic) bond motifs is 1. The number of amides is 1.